The van der Waals surface area contributed by atoms with E-state index in [1.807, 2.05) is 36.4 Å². The molecule has 3 aromatic carbocycles. The molecule has 0 aliphatic rings. The summed E-state index contributed by atoms with van der Waals surface area (Å²) in [5, 5.41) is 3.27. The number of carbonyl (C=O) groups is 1. The quantitative estimate of drug-likeness (QED) is 0.471. The van der Waals surface area contributed by atoms with Crippen molar-refractivity contribution in [3.8, 4) is 11.5 Å². The van der Waals surface area contributed by atoms with Gasteiger partial charge in [0.15, 0.2) is 0 Å². The summed E-state index contributed by atoms with van der Waals surface area (Å²) < 4.78 is 11.8. The summed E-state index contributed by atoms with van der Waals surface area (Å²) in [5.74, 6) is 0.792. The van der Waals surface area contributed by atoms with Crippen LogP contribution >= 0.6 is 27.5 Å². The number of ether oxygens (including phenoxy) is 2. The maximum Gasteiger partial charge on any atom is 0.259 e. The van der Waals surface area contributed by atoms with Gasteiger partial charge in [-0.05, 0) is 42.0 Å². The Morgan fingerprint density at radius 1 is 1.04 bits per heavy atom. The second-order valence-electron chi connectivity index (χ2n) is 6.03. The first-order chi connectivity index (χ1) is 13.6. The first kappa shape index (κ1) is 20.2. The van der Waals surface area contributed by atoms with E-state index in [0.29, 0.717) is 34.4 Å². The average molecular weight is 461 g/mol. The molecule has 0 aliphatic heterocycles. The zero-order valence-corrected chi connectivity index (χ0v) is 17.6. The largest absolute Gasteiger partial charge is 0.495 e. The minimum absolute atomic E-state index is 0.280. The lowest BCUT2D eigenvalue weighted by Crippen LogP contribution is -2.14. The van der Waals surface area contributed by atoms with E-state index in [2.05, 4.69) is 21.2 Å². The average Bonchev–Trinajstić information content (AvgIpc) is 2.70. The number of hydrogen-bond acceptors (Lipinski definition) is 3. The van der Waals surface area contributed by atoms with Crippen LogP contribution in [0.4, 0.5) is 5.69 Å². The summed E-state index contributed by atoms with van der Waals surface area (Å²) in [6.07, 6.45) is 0.756. The Balaban J connectivity index is 1.72. The fraction of sp³-hybridized carbons (Fsp3) is 0.136. The number of amides is 1. The molecule has 0 saturated heterocycles. The van der Waals surface area contributed by atoms with E-state index in [-0.39, 0.29) is 5.91 Å². The van der Waals surface area contributed by atoms with Crippen molar-refractivity contribution in [3.63, 3.8) is 0 Å². The van der Waals surface area contributed by atoms with Gasteiger partial charge < -0.3 is 14.8 Å². The zero-order valence-electron chi connectivity index (χ0n) is 15.2. The molecule has 3 aromatic rings. The lowest BCUT2D eigenvalue weighted by molar-refractivity contribution is 0.102. The van der Waals surface area contributed by atoms with Crippen molar-refractivity contribution in [3.05, 3.63) is 87.4 Å². The van der Waals surface area contributed by atoms with Crippen molar-refractivity contribution in [1.82, 2.24) is 0 Å². The Bertz CT molecular complexity index is 963. The molecule has 0 aromatic heterocycles. The van der Waals surface area contributed by atoms with Crippen molar-refractivity contribution in [2.24, 2.45) is 0 Å². The number of nitrogens with one attached hydrogen (secondary N) is 1. The smallest absolute Gasteiger partial charge is 0.259 e. The molecule has 0 atom stereocenters. The van der Waals surface area contributed by atoms with Crippen LogP contribution in [0, 0.1) is 0 Å². The molecule has 0 heterocycles. The van der Waals surface area contributed by atoms with E-state index in [4.69, 9.17) is 21.1 Å². The van der Waals surface area contributed by atoms with Gasteiger partial charge in [-0.1, -0.05) is 57.9 Å². The molecule has 1 N–H and O–H groups in total. The minimum atomic E-state index is -0.280. The van der Waals surface area contributed by atoms with Crippen LogP contribution in [0.3, 0.4) is 0 Å². The normalized spacial score (nSPS) is 10.4. The van der Waals surface area contributed by atoms with Gasteiger partial charge >= 0.3 is 0 Å². The van der Waals surface area contributed by atoms with Gasteiger partial charge in [0.2, 0.25) is 0 Å². The molecule has 0 bridgehead atoms. The number of benzene rings is 3. The Labute approximate surface area is 177 Å². The summed E-state index contributed by atoms with van der Waals surface area (Å²) in [7, 11) is 1.54. The second-order valence-corrected chi connectivity index (χ2v) is 7.35. The van der Waals surface area contributed by atoms with Crippen LogP contribution in [0.2, 0.25) is 5.02 Å². The third-order valence-electron chi connectivity index (χ3n) is 4.09. The summed E-state index contributed by atoms with van der Waals surface area (Å²) in [6, 6.07) is 20.5. The van der Waals surface area contributed by atoms with Crippen LogP contribution < -0.4 is 14.8 Å². The Morgan fingerprint density at radius 3 is 2.50 bits per heavy atom. The van der Waals surface area contributed by atoms with E-state index in [9.17, 15) is 4.79 Å². The minimum Gasteiger partial charge on any atom is -0.495 e. The number of methoxy groups -OCH3 is 1. The number of anilines is 1. The molecular formula is C22H19BrClNO3. The molecule has 0 radical (unpaired) electrons. The summed E-state index contributed by atoms with van der Waals surface area (Å²) >= 11 is 9.55. The van der Waals surface area contributed by atoms with Gasteiger partial charge in [0, 0.05) is 16.6 Å². The highest BCUT2D eigenvalue weighted by molar-refractivity contribution is 9.10. The Kier molecular flexibility index (Phi) is 6.95. The fourth-order valence-electron chi connectivity index (χ4n) is 2.67. The van der Waals surface area contributed by atoms with Gasteiger partial charge in [0.05, 0.1) is 24.3 Å². The SMILES string of the molecule is COc1ccc(NC(=O)c2cc(Br)ccc2OCCc2ccccc2)cc1Cl. The molecule has 6 heteroatoms. The first-order valence-corrected chi connectivity index (χ1v) is 9.85. The molecule has 0 unspecified atom stereocenters. The molecule has 0 aliphatic carbocycles. The topological polar surface area (TPSA) is 47.6 Å². The van der Waals surface area contributed by atoms with Crippen LogP contribution in [0.15, 0.2) is 71.2 Å². The van der Waals surface area contributed by atoms with Gasteiger partial charge in [-0.15, -0.1) is 0 Å². The van der Waals surface area contributed by atoms with E-state index in [0.717, 1.165) is 10.9 Å². The summed E-state index contributed by atoms with van der Waals surface area (Å²) in [6.45, 7) is 0.473. The lowest BCUT2D eigenvalue weighted by Gasteiger charge is -2.13. The van der Waals surface area contributed by atoms with E-state index < -0.39 is 0 Å². The lowest BCUT2D eigenvalue weighted by atomic mass is 10.1. The molecule has 4 nitrogen and oxygen atoms in total. The number of hydrogen-bond donors (Lipinski definition) is 1. The molecule has 144 valence electrons. The van der Waals surface area contributed by atoms with Gasteiger partial charge in [-0.3, -0.25) is 4.79 Å². The van der Waals surface area contributed by atoms with Crippen molar-refractivity contribution >= 4 is 39.1 Å². The highest BCUT2D eigenvalue weighted by Crippen LogP contribution is 2.29. The Hall–Kier alpha value is -2.50. The number of carbonyl (C=O) groups excluding carboxylic acids is 1. The molecule has 0 fully saturated rings. The summed E-state index contributed by atoms with van der Waals surface area (Å²) in [5.41, 5.74) is 2.19. The third kappa shape index (κ3) is 5.27. The maximum absolute atomic E-state index is 12.8. The van der Waals surface area contributed by atoms with Crippen LogP contribution in [-0.4, -0.2) is 19.6 Å². The monoisotopic (exact) mass is 459 g/mol. The number of halogens is 2. The first-order valence-electron chi connectivity index (χ1n) is 8.68. The van der Waals surface area contributed by atoms with Crippen molar-refractivity contribution in [2.75, 3.05) is 19.0 Å². The molecule has 28 heavy (non-hydrogen) atoms. The molecule has 0 spiro atoms. The standard InChI is InChI=1S/C22H19BrClNO3/c1-27-21-10-8-17(14-19(21)24)25-22(26)18-13-16(23)7-9-20(18)28-12-11-15-5-3-2-4-6-15/h2-10,13-14H,11-12H2,1H3,(H,25,26). The van der Waals surface area contributed by atoms with Gasteiger partial charge in [-0.2, -0.15) is 0 Å². The predicted molar refractivity (Wildman–Crippen MR) is 116 cm³/mol. The predicted octanol–water partition coefficient (Wildman–Crippen LogP) is 5.98. The van der Waals surface area contributed by atoms with Gasteiger partial charge in [0.1, 0.15) is 11.5 Å². The van der Waals surface area contributed by atoms with Crippen LogP contribution in [-0.2, 0) is 6.42 Å². The van der Waals surface area contributed by atoms with Crippen molar-refractivity contribution in [2.45, 2.75) is 6.42 Å². The van der Waals surface area contributed by atoms with Crippen LogP contribution in [0.25, 0.3) is 0 Å². The van der Waals surface area contributed by atoms with Crippen molar-refractivity contribution in [1.29, 1.82) is 0 Å². The zero-order chi connectivity index (χ0) is 19.9. The van der Waals surface area contributed by atoms with Crippen LogP contribution in [0.1, 0.15) is 15.9 Å². The van der Waals surface area contributed by atoms with Gasteiger partial charge in [0.25, 0.3) is 5.91 Å². The highest BCUT2D eigenvalue weighted by Gasteiger charge is 2.15. The maximum atomic E-state index is 12.8. The molecule has 1 amide bonds. The Morgan fingerprint density at radius 2 is 1.79 bits per heavy atom. The van der Waals surface area contributed by atoms with E-state index >= 15 is 0 Å². The third-order valence-corrected chi connectivity index (χ3v) is 4.88. The number of rotatable bonds is 7. The second kappa shape index (κ2) is 9.62. The van der Waals surface area contributed by atoms with E-state index in [1.165, 1.54) is 5.56 Å². The molecule has 3 rings (SSSR count). The van der Waals surface area contributed by atoms with Crippen LogP contribution in [0.5, 0.6) is 11.5 Å². The summed E-state index contributed by atoms with van der Waals surface area (Å²) in [4.78, 5) is 12.8. The highest BCUT2D eigenvalue weighted by atomic mass is 79.9. The fourth-order valence-corrected chi connectivity index (χ4v) is 3.29. The van der Waals surface area contributed by atoms with E-state index in [1.54, 1.807) is 37.4 Å². The molecular weight excluding hydrogens is 442 g/mol. The molecule has 0 saturated carbocycles. The van der Waals surface area contributed by atoms with Gasteiger partial charge in [-0.25, -0.2) is 0 Å². The van der Waals surface area contributed by atoms with Crippen molar-refractivity contribution < 1.29 is 14.3 Å².